The van der Waals surface area contributed by atoms with Crippen molar-refractivity contribution >= 4 is 17.5 Å². The van der Waals surface area contributed by atoms with E-state index in [0.29, 0.717) is 12.2 Å². The zero-order valence-electron chi connectivity index (χ0n) is 13.5. The quantitative estimate of drug-likeness (QED) is 0.789. The lowest BCUT2D eigenvalue weighted by atomic mass is 9.88. The molecule has 1 fully saturated rings. The fourth-order valence-electron chi connectivity index (χ4n) is 3.02. The Kier molecular flexibility index (Phi) is 5.25. The number of anilines is 1. The van der Waals surface area contributed by atoms with E-state index in [0.717, 1.165) is 31.2 Å². The van der Waals surface area contributed by atoms with Crippen LogP contribution in [0.15, 0.2) is 36.5 Å². The summed E-state index contributed by atoms with van der Waals surface area (Å²) >= 11 is 0. The van der Waals surface area contributed by atoms with Crippen molar-refractivity contribution in [3.8, 4) is 0 Å². The van der Waals surface area contributed by atoms with E-state index in [2.05, 4.69) is 20.8 Å². The van der Waals surface area contributed by atoms with E-state index < -0.39 is 0 Å². The van der Waals surface area contributed by atoms with Crippen molar-refractivity contribution in [2.75, 3.05) is 5.32 Å². The molecule has 0 spiro atoms. The third kappa shape index (κ3) is 4.01. The van der Waals surface area contributed by atoms with E-state index in [9.17, 15) is 9.59 Å². The van der Waals surface area contributed by atoms with E-state index in [1.54, 1.807) is 0 Å². The number of nitrogens with one attached hydrogen (secondary N) is 3. The van der Waals surface area contributed by atoms with E-state index in [1.165, 1.54) is 12.6 Å². The second-order valence-corrected chi connectivity index (χ2v) is 6.15. The van der Waals surface area contributed by atoms with Gasteiger partial charge in [-0.3, -0.25) is 14.7 Å². The van der Waals surface area contributed by atoms with Gasteiger partial charge in [-0.15, -0.1) is 0 Å². The molecule has 1 aliphatic carbocycles. The van der Waals surface area contributed by atoms with Gasteiger partial charge in [0, 0.05) is 12.5 Å². The maximum atomic E-state index is 12.3. The topological polar surface area (TPSA) is 86.9 Å². The molecule has 24 heavy (non-hydrogen) atoms. The van der Waals surface area contributed by atoms with Crippen LogP contribution >= 0.6 is 0 Å². The number of aromatic nitrogens is 2. The van der Waals surface area contributed by atoms with Crippen LogP contribution in [0.3, 0.4) is 0 Å². The smallest absolute Gasteiger partial charge is 0.271 e. The number of hydrogen-bond acceptors (Lipinski definition) is 3. The van der Waals surface area contributed by atoms with E-state index in [-0.39, 0.29) is 23.4 Å². The van der Waals surface area contributed by atoms with Crippen LogP contribution in [-0.4, -0.2) is 22.0 Å². The molecule has 1 heterocycles. The van der Waals surface area contributed by atoms with Crippen molar-refractivity contribution in [3.05, 3.63) is 47.8 Å². The molecule has 0 unspecified atom stereocenters. The third-order valence-electron chi connectivity index (χ3n) is 4.40. The second-order valence-electron chi connectivity index (χ2n) is 6.15. The molecule has 1 aliphatic rings. The number of rotatable bonds is 5. The molecular formula is C18H22N4O2. The van der Waals surface area contributed by atoms with Gasteiger partial charge in [-0.2, -0.15) is 5.10 Å². The number of carbonyl (C=O) groups excluding carboxylic acids is 2. The van der Waals surface area contributed by atoms with Gasteiger partial charge in [0.1, 0.15) is 5.69 Å². The highest BCUT2D eigenvalue weighted by molar-refractivity contribution is 6.02. The molecule has 126 valence electrons. The predicted octanol–water partition coefficient (Wildman–Crippen LogP) is 2.86. The molecule has 1 aromatic carbocycles. The van der Waals surface area contributed by atoms with Crippen molar-refractivity contribution < 1.29 is 9.59 Å². The Bertz CT molecular complexity index is 690. The highest BCUT2D eigenvalue weighted by Gasteiger charge is 2.23. The Morgan fingerprint density at radius 3 is 2.62 bits per heavy atom. The van der Waals surface area contributed by atoms with Crippen LogP contribution in [-0.2, 0) is 11.3 Å². The highest BCUT2D eigenvalue weighted by Crippen LogP contribution is 2.25. The van der Waals surface area contributed by atoms with Gasteiger partial charge in [0.15, 0.2) is 0 Å². The van der Waals surface area contributed by atoms with E-state index in [1.807, 2.05) is 30.3 Å². The number of carbonyl (C=O) groups is 2. The summed E-state index contributed by atoms with van der Waals surface area (Å²) in [5.74, 6) is -0.266. The zero-order valence-corrected chi connectivity index (χ0v) is 13.5. The van der Waals surface area contributed by atoms with Crippen molar-refractivity contribution in [1.29, 1.82) is 0 Å². The lowest BCUT2D eigenvalue weighted by Gasteiger charge is -2.20. The van der Waals surface area contributed by atoms with Crippen LogP contribution < -0.4 is 10.6 Å². The molecule has 0 aliphatic heterocycles. The van der Waals surface area contributed by atoms with Gasteiger partial charge in [0.2, 0.25) is 5.91 Å². The van der Waals surface area contributed by atoms with E-state index >= 15 is 0 Å². The number of aromatic amines is 1. The SMILES string of the molecule is O=C(NCc1ccccc1)c1[nH]ncc1NC(=O)C1CCCCC1. The Morgan fingerprint density at radius 1 is 1.12 bits per heavy atom. The first-order valence-corrected chi connectivity index (χ1v) is 8.40. The standard InChI is InChI=1S/C18H22N4O2/c23-17(14-9-5-2-6-10-14)21-15-12-20-22-16(15)18(24)19-11-13-7-3-1-4-8-13/h1,3-4,7-8,12,14H,2,5-6,9-11H2,(H,19,24)(H,20,22)(H,21,23). The first-order chi connectivity index (χ1) is 11.7. The van der Waals surface area contributed by atoms with Gasteiger partial charge in [-0.05, 0) is 18.4 Å². The largest absolute Gasteiger partial charge is 0.347 e. The molecule has 6 heteroatoms. The Morgan fingerprint density at radius 2 is 1.88 bits per heavy atom. The summed E-state index contributed by atoms with van der Waals surface area (Å²) in [5, 5.41) is 12.2. The fraction of sp³-hybridized carbons (Fsp3) is 0.389. The number of benzene rings is 1. The van der Waals surface area contributed by atoms with Crippen molar-refractivity contribution in [2.24, 2.45) is 5.92 Å². The molecule has 2 aromatic rings. The fourth-order valence-corrected chi connectivity index (χ4v) is 3.02. The Labute approximate surface area is 141 Å². The average molecular weight is 326 g/mol. The third-order valence-corrected chi connectivity index (χ3v) is 4.40. The summed E-state index contributed by atoms with van der Waals surface area (Å²) in [7, 11) is 0. The van der Waals surface area contributed by atoms with Gasteiger partial charge in [0.05, 0.1) is 11.9 Å². The molecule has 0 atom stereocenters. The Balaban J connectivity index is 1.59. The normalized spacial score (nSPS) is 15.0. The van der Waals surface area contributed by atoms with Crippen LogP contribution in [0.2, 0.25) is 0 Å². The van der Waals surface area contributed by atoms with E-state index in [4.69, 9.17) is 0 Å². The molecule has 3 N–H and O–H groups in total. The van der Waals surface area contributed by atoms with Crippen molar-refractivity contribution in [3.63, 3.8) is 0 Å². The summed E-state index contributed by atoms with van der Waals surface area (Å²) in [6.45, 7) is 0.425. The maximum Gasteiger partial charge on any atom is 0.271 e. The van der Waals surface area contributed by atoms with Crippen LogP contribution in [0, 0.1) is 5.92 Å². The summed E-state index contributed by atoms with van der Waals surface area (Å²) < 4.78 is 0. The molecule has 2 amide bonds. The number of nitrogens with zero attached hydrogens (tertiary/aromatic N) is 1. The highest BCUT2D eigenvalue weighted by atomic mass is 16.2. The summed E-state index contributed by atoms with van der Waals surface area (Å²) in [4.78, 5) is 24.7. The molecule has 1 saturated carbocycles. The zero-order chi connectivity index (χ0) is 16.8. The van der Waals surface area contributed by atoms with Crippen LogP contribution in [0.1, 0.15) is 48.2 Å². The number of H-pyrrole nitrogens is 1. The minimum atomic E-state index is -0.282. The summed E-state index contributed by atoms with van der Waals surface area (Å²) in [6, 6.07) is 9.66. The lowest BCUT2D eigenvalue weighted by Crippen LogP contribution is -2.27. The average Bonchev–Trinajstić information content (AvgIpc) is 3.09. The predicted molar refractivity (Wildman–Crippen MR) is 91.4 cm³/mol. The van der Waals surface area contributed by atoms with Crippen LogP contribution in [0.5, 0.6) is 0 Å². The van der Waals surface area contributed by atoms with Gasteiger partial charge in [-0.25, -0.2) is 0 Å². The van der Waals surface area contributed by atoms with Crippen molar-refractivity contribution in [1.82, 2.24) is 15.5 Å². The lowest BCUT2D eigenvalue weighted by molar-refractivity contribution is -0.120. The molecular weight excluding hydrogens is 304 g/mol. The Hall–Kier alpha value is -2.63. The minimum Gasteiger partial charge on any atom is -0.347 e. The summed E-state index contributed by atoms with van der Waals surface area (Å²) in [5.41, 5.74) is 1.74. The van der Waals surface area contributed by atoms with Gasteiger partial charge < -0.3 is 10.6 Å². The first kappa shape index (κ1) is 16.2. The first-order valence-electron chi connectivity index (χ1n) is 8.40. The molecule has 0 radical (unpaired) electrons. The summed E-state index contributed by atoms with van der Waals surface area (Å²) in [6.07, 6.45) is 6.70. The monoisotopic (exact) mass is 326 g/mol. The number of amides is 2. The molecule has 3 rings (SSSR count). The molecule has 0 bridgehead atoms. The molecule has 1 aromatic heterocycles. The minimum absolute atomic E-state index is 0.0202. The maximum absolute atomic E-state index is 12.3. The van der Waals surface area contributed by atoms with Gasteiger partial charge in [0.25, 0.3) is 5.91 Å². The molecule has 0 saturated heterocycles. The van der Waals surface area contributed by atoms with Crippen molar-refractivity contribution in [2.45, 2.75) is 38.6 Å². The number of hydrogen-bond donors (Lipinski definition) is 3. The van der Waals surface area contributed by atoms with Crippen LogP contribution in [0.4, 0.5) is 5.69 Å². The second kappa shape index (κ2) is 7.77. The molecule has 6 nitrogen and oxygen atoms in total. The van der Waals surface area contributed by atoms with Gasteiger partial charge in [-0.1, -0.05) is 49.6 Å². The van der Waals surface area contributed by atoms with Crippen LogP contribution in [0.25, 0.3) is 0 Å². The van der Waals surface area contributed by atoms with Gasteiger partial charge >= 0.3 is 0 Å².